The molecule has 0 saturated heterocycles. The third-order valence-electron chi connectivity index (χ3n) is 3.78. The van der Waals surface area contributed by atoms with Crippen LogP contribution in [0.1, 0.15) is 5.56 Å². The van der Waals surface area contributed by atoms with Gasteiger partial charge >= 0.3 is 6.61 Å². The lowest BCUT2D eigenvalue weighted by Gasteiger charge is -2.22. The molecular formula is C16H17F2N5O. The van der Waals surface area contributed by atoms with E-state index in [9.17, 15) is 8.78 Å². The number of benzene rings is 1. The molecule has 3 aromatic rings. The van der Waals surface area contributed by atoms with E-state index in [2.05, 4.69) is 14.7 Å². The Morgan fingerprint density at radius 2 is 2.08 bits per heavy atom. The number of nitrogens with zero attached hydrogens (tertiary/aromatic N) is 4. The summed E-state index contributed by atoms with van der Waals surface area (Å²) in [7, 11) is 3.61. The molecule has 1 aromatic carbocycles. The Morgan fingerprint density at radius 3 is 2.79 bits per heavy atom. The average molecular weight is 333 g/mol. The summed E-state index contributed by atoms with van der Waals surface area (Å²) >= 11 is 0. The van der Waals surface area contributed by atoms with Gasteiger partial charge in [-0.2, -0.15) is 8.78 Å². The van der Waals surface area contributed by atoms with Gasteiger partial charge in [0.05, 0.1) is 23.7 Å². The van der Waals surface area contributed by atoms with Crippen LogP contribution in [0.15, 0.2) is 36.8 Å². The number of nitrogens with two attached hydrogens (primary N) is 1. The van der Waals surface area contributed by atoms with E-state index in [1.165, 1.54) is 6.07 Å². The van der Waals surface area contributed by atoms with Crippen LogP contribution in [0.5, 0.6) is 5.75 Å². The Kier molecular flexibility index (Phi) is 4.30. The molecule has 0 saturated carbocycles. The second-order valence-corrected chi connectivity index (χ2v) is 5.33. The molecule has 0 fully saturated rings. The Hall–Kier alpha value is -2.74. The van der Waals surface area contributed by atoms with Crippen molar-refractivity contribution < 1.29 is 13.5 Å². The van der Waals surface area contributed by atoms with Crippen molar-refractivity contribution >= 4 is 22.5 Å². The van der Waals surface area contributed by atoms with Gasteiger partial charge in [0.1, 0.15) is 17.1 Å². The van der Waals surface area contributed by atoms with Crippen LogP contribution in [0.2, 0.25) is 0 Å². The molecule has 2 aromatic heterocycles. The molecule has 0 unspecified atom stereocenters. The Balaban J connectivity index is 2.03. The second-order valence-electron chi connectivity index (χ2n) is 5.33. The summed E-state index contributed by atoms with van der Waals surface area (Å²) in [5.41, 5.74) is 8.41. The average Bonchev–Trinajstić information content (AvgIpc) is 2.94. The highest BCUT2D eigenvalue weighted by atomic mass is 19.3. The van der Waals surface area contributed by atoms with Gasteiger partial charge < -0.3 is 19.9 Å². The maximum Gasteiger partial charge on any atom is 0.387 e. The van der Waals surface area contributed by atoms with Gasteiger partial charge in [0.25, 0.3) is 0 Å². The van der Waals surface area contributed by atoms with Gasteiger partial charge in [0.2, 0.25) is 0 Å². The maximum atomic E-state index is 12.7. The first-order chi connectivity index (χ1) is 11.5. The van der Waals surface area contributed by atoms with Gasteiger partial charge in [-0.15, -0.1) is 0 Å². The van der Waals surface area contributed by atoms with E-state index in [1.807, 2.05) is 17.7 Å². The fourth-order valence-electron chi connectivity index (χ4n) is 2.48. The number of ether oxygens (including phenoxy) is 1. The summed E-state index contributed by atoms with van der Waals surface area (Å²) < 4.78 is 32.0. The predicted octanol–water partition coefficient (Wildman–Crippen LogP) is 2.80. The minimum Gasteiger partial charge on any atom is -0.433 e. The van der Waals surface area contributed by atoms with Gasteiger partial charge in [-0.05, 0) is 17.7 Å². The van der Waals surface area contributed by atoms with E-state index < -0.39 is 6.61 Å². The minimum absolute atomic E-state index is 0.0577. The Bertz CT molecular complexity index is 865. The number of anilines is 2. The number of hydrogen-bond donors (Lipinski definition) is 1. The molecule has 0 atom stereocenters. The monoisotopic (exact) mass is 333 g/mol. The zero-order valence-electron chi connectivity index (χ0n) is 13.3. The van der Waals surface area contributed by atoms with Crippen LogP contribution >= 0.6 is 0 Å². The van der Waals surface area contributed by atoms with E-state index in [1.54, 1.807) is 36.6 Å². The summed E-state index contributed by atoms with van der Waals surface area (Å²) in [4.78, 5) is 10.2. The number of hydrogen-bond acceptors (Lipinski definition) is 5. The summed E-state index contributed by atoms with van der Waals surface area (Å²) in [5, 5.41) is 0. The van der Waals surface area contributed by atoms with Gasteiger partial charge in [0, 0.05) is 26.7 Å². The summed E-state index contributed by atoms with van der Waals surface area (Å²) in [6, 6.07) is 6.81. The number of fused-ring (bicyclic) bond motifs is 1. The summed E-state index contributed by atoms with van der Waals surface area (Å²) in [6.07, 6.45) is 3.33. The SMILES string of the molecule is CN(c1cc2c(cn1)ncn2C)c1ccc(CN)cc1OC(F)F. The maximum absolute atomic E-state index is 12.7. The lowest BCUT2D eigenvalue weighted by molar-refractivity contribution is -0.0494. The van der Waals surface area contributed by atoms with Crippen molar-refractivity contribution in [2.45, 2.75) is 13.2 Å². The predicted molar refractivity (Wildman–Crippen MR) is 87.5 cm³/mol. The first kappa shape index (κ1) is 16.1. The zero-order valence-corrected chi connectivity index (χ0v) is 13.3. The zero-order chi connectivity index (χ0) is 17.3. The number of imidazole rings is 1. The van der Waals surface area contributed by atoms with Crippen molar-refractivity contribution in [3.63, 3.8) is 0 Å². The van der Waals surface area contributed by atoms with Crippen LogP contribution in [0.25, 0.3) is 11.0 Å². The van der Waals surface area contributed by atoms with E-state index in [0.29, 0.717) is 17.1 Å². The first-order valence-corrected chi connectivity index (χ1v) is 7.28. The second kappa shape index (κ2) is 6.40. The van der Waals surface area contributed by atoms with Gasteiger partial charge in [-0.3, -0.25) is 0 Å². The molecular weight excluding hydrogens is 316 g/mol. The number of aromatic nitrogens is 3. The van der Waals surface area contributed by atoms with Crippen LogP contribution in [0.3, 0.4) is 0 Å². The molecule has 0 amide bonds. The molecule has 8 heteroatoms. The first-order valence-electron chi connectivity index (χ1n) is 7.28. The van der Waals surface area contributed by atoms with E-state index in [0.717, 1.165) is 11.0 Å². The fraction of sp³-hybridized carbons (Fsp3) is 0.250. The molecule has 0 aliphatic rings. The van der Waals surface area contributed by atoms with Crippen molar-refractivity contribution in [2.24, 2.45) is 12.8 Å². The summed E-state index contributed by atoms with van der Waals surface area (Å²) in [5.74, 6) is 0.646. The van der Waals surface area contributed by atoms with Crippen molar-refractivity contribution in [1.29, 1.82) is 0 Å². The molecule has 0 aliphatic carbocycles. The molecule has 0 bridgehead atoms. The standard InChI is InChI=1S/C16H17F2N5O/c1-22-9-21-11-8-20-15(6-13(11)22)23(2)12-4-3-10(7-19)5-14(12)24-16(17)18/h3-6,8-9,16H,7,19H2,1-2H3. The lowest BCUT2D eigenvalue weighted by Crippen LogP contribution is -2.14. The van der Waals surface area contributed by atoms with E-state index >= 15 is 0 Å². The third kappa shape index (κ3) is 3.00. The van der Waals surface area contributed by atoms with Crippen LogP contribution in [-0.2, 0) is 13.6 Å². The van der Waals surface area contributed by atoms with Crippen molar-refractivity contribution in [3.8, 4) is 5.75 Å². The number of aryl methyl sites for hydroxylation is 1. The fourth-order valence-corrected chi connectivity index (χ4v) is 2.48. The normalized spacial score (nSPS) is 11.2. The van der Waals surface area contributed by atoms with Crippen LogP contribution in [0, 0.1) is 0 Å². The topological polar surface area (TPSA) is 69.2 Å². The molecule has 126 valence electrons. The smallest absolute Gasteiger partial charge is 0.387 e. The molecule has 6 nitrogen and oxygen atoms in total. The highest BCUT2D eigenvalue weighted by Gasteiger charge is 2.16. The van der Waals surface area contributed by atoms with Gasteiger partial charge in [0.15, 0.2) is 0 Å². The molecule has 2 heterocycles. The van der Waals surface area contributed by atoms with Crippen LogP contribution < -0.4 is 15.4 Å². The van der Waals surface area contributed by atoms with Crippen LogP contribution in [0.4, 0.5) is 20.3 Å². The lowest BCUT2D eigenvalue weighted by atomic mass is 10.1. The third-order valence-corrected chi connectivity index (χ3v) is 3.78. The highest BCUT2D eigenvalue weighted by molar-refractivity contribution is 5.79. The summed E-state index contributed by atoms with van der Waals surface area (Å²) in [6.45, 7) is -2.68. The Labute approximate surface area is 137 Å². The quantitative estimate of drug-likeness (QED) is 0.777. The van der Waals surface area contributed by atoms with Gasteiger partial charge in [-0.25, -0.2) is 9.97 Å². The molecule has 0 aliphatic heterocycles. The van der Waals surface area contributed by atoms with Crippen molar-refractivity contribution in [2.75, 3.05) is 11.9 Å². The van der Waals surface area contributed by atoms with Gasteiger partial charge in [-0.1, -0.05) is 6.07 Å². The molecule has 0 spiro atoms. The van der Waals surface area contributed by atoms with E-state index in [4.69, 9.17) is 5.73 Å². The van der Waals surface area contributed by atoms with E-state index in [-0.39, 0.29) is 12.3 Å². The molecule has 0 radical (unpaired) electrons. The highest BCUT2D eigenvalue weighted by Crippen LogP contribution is 2.34. The van der Waals surface area contributed by atoms with Crippen molar-refractivity contribution in [1.82, 2.24) is 14.5 Å². The van der Waals surface area contributed by atoms with Crippen molar-refractivity contribution in [3.05, 3.63) is 42.4 Å². The molecule has 24 heavy (non-hydrogen) atoms. The number of rotatable bonds is 5. The Morgan fingerprint density at radius 1 is 1.29 bits per heavy atom. The largest absolute Gasteiger partial charge is 0.433 e. The molecule has 3 rings (SSSR count). The number of halogens is 2. The van der Waals surface area contributed by atoms with Crippen LogP contribution in [-0.4, -0.2) is 28.2 Å². The molecule has 2 N–H and O–H groups in total. The minimum atomic E-state index is -2.92. The number of alkyl halides is 2. The number of pyridine rings is 1.